The molecule has 0 radical (unpaired) electrons. The monoisotopic (exact) mass is 215 g/mol. The fourth-order valence-electron chi connectivity index (χ4n) is 1.17. The molecule has 0 aromatic heterocycles. The van der Waals surface area contributed by atoms with Crippen LogP contribution in [0.15, 0.2) is 23.3 Å². The molecule has 0 spiro atoms. The molecule has 0 aliphatic rings. The van der Waals surface area contributed by atoms with Crippen molar-refractivity contribution in [3.05, 3.63) is 39.8 Å². The normalized spacial score (nSPS) is 8.62. The van der Waals surface area contributed by atoms with Gasteiger partial charge in [0.05, 0.1) is 7.11 Å². The molecule has 1 aromatic carbocycles. The molecule has 0 saturated heterocycles. The molecular weight excluding hydrogens is 202 g/mol. The van der Waals surface area contributed by atoms with Crippen molar-refractivity contribution in [2.24, 2.45) is 5.11 Å². The predicted octanol–water partition coefficient (Wildman–Crippen LogP) is 3.06. The summed E-state index contributed by atoms with van der Waals surface area (Å²) in [7, 11) is 1.63. The SMILES string of the molecule is COc1ccc(C)c(C#CCCN=[N+]=[N-])c1. The Morgan fingerprint density at radius 2 is 2.31 bits per heavy atom. The van der Waals surface area contributed by atoms with Gasteiger partial charge in [-0.2, -0.15) is 0 Å². The second-order valence-corrected chi connectivity index (χ2v) is 3.19. The predicted molar refractivity (Wildman–Crippen MR) is 63.2 cm³/mol. The molecule has 0 unspecified atom stereocenters. The Morgan fingerprint density at radius 3 is 3.00 bits per heavy atom. The first-order chi connectivity index (χ1) is 7.77. The summed E-state index contributed by atoms with van der Waals surface area (Å²) in [6.07, 6.45) is 0.570. The van der Waals surface area contributed by atoms with Crippen LogP contribution in [0.4, 0.5) is 0 Å². The van der Waals surface area contributed by atoms with Gasteiger partial charge in [0.15, 0.2) is 0 Å². The zero-order valence-corrected chi connectivity index (χ0v) is 9.40. The van der Waals surface area contributed by atoms with Gasteiger partial charge in [0, 0.05) is 23.4 Å². The molecular formula is C12H13N3O. The van der Waals surface area contributed by atoms with Crippen molar-refractivity contribution in [2.45, 2.75) is 13.3 Å². The minimum atomic E-state index is 0.409. The molecule has 0 N–H and O–H groups in total. The molecule has 1 aromatic rings. The third-order valence-corrected chi connectivity index (χ3v) is 2.07. The number of ether oxygens (including phenoxy) is 1. The number of benzene rings is 1. The largest absolute Gasteiger partial charge is 0.497 e. The smallest absolute Gasteiger partial charge is 0.120 e. The molecule has 0 amide bonds. The number of methoxy groups -OCH3 is 1. The Bertz CT molecular complexity index is 465. The van der Waals surface area contributed by atoms with E-state index < -0.39 is 0 Å². The van der Waals surface area contributed by atoms with Crippen molar-refractivity contribution in [1.29, 1.82) is 0 Å². The lowest BCUT2D eigenvalue weighted by molar-refractivity contribution is 0.414. The molecule has 1 rings (SSSR count). The Morgan fingerprint density at radius 1 is 1.50 bits per heavy atom. The highest BCUT2D eigenvalue weighted by Gasteiger charge is 1.96. The van der Waals surface area contributed by atoms with Gasteiger partial charge in [-0.25, -0.2) is 0 Å². The third-order valence-electron chi connectivity index (χ3n) is 2.07. The second-order valence-electron chi connectivity index (χ2n) is 3.19. The standard InChI is InChI=1S/C12H13N3O/c1-10-6-7-12(16-2)9-11(10)5-3-4-8-14-15-13/h6-7,9H,4,8H2,1-2H3. The summed E-state index contributed by atoms with van der Waals surface area (Å²) in [5.74, 6) is 6.79. The van der Waals surface area contributed by atoms with E-state index in [9.17, 15) is 0 Å². The van der Waals surface area contributed by atoms with Gasteiger partial charge in [-0.3, -0.25) is 0 Å². The minimum Gasteiger partial charge on any atom is -0.497 e. The minimum absolute atomic E-state index is 0.409. The number of rotatable bonds is 3. The lowest BCUT2D eigenvalue weighted by atomic mass is 10.1. The first-order valence-electron chi connectivity index (χ1n) is 4.92. The molecule has 0 aliphatic carbocycles. The zero-order chi connectivity index (χ0) is 11.8. The van der Waals surface area contributed by atoms with Crippen LogP contribution in [-0.4, -0.2) is 13.7 Å². The molecule has 0 heterocycles. The molecule has 4 nitrogen and oxygen atoms in total. The van der Waals surface area contributed by atoms with Crippen LogP contribution in [0.3, 0.4) is 0 Å². The van der Waals surface area contributed by atoms with Crippen molar-refractivity contribution >= 4 is 0 Å². The van der Waals surface area contributed by atoms with E-state index in [4.69, 9.17) is 10.3 Å². The highest BCUT2D eigenvalue weighted by atomic mass is 16.5. The maximum atomic E-state index is 8.09. The van der Waals surface area contributed by atoms with E-state index in [2.05, 4.69) is 21.9 Å². The topological polar surface area (TPSA) is 58.0 Å². The van der Waals surface area contributed by atoms with Gasteiger partial charge in [-0.15, -0.1) is 0 Å². The van der Waals surface area contributed by atoms with Gasteiger partial charge in [-0.05, 0) is 30.2 Å². The van der Waals surface area contributed by atoms with Crippen molar-refractivity contribution in [3.63, 3.8) is 0 Å². The fourth-order valence-corrected chi connectivity index (χ4v) is 1.17. The van der Waals surface area contributed by atoms with Crippen LogP contribution in [-0.2, 0) is 0 Å². The lowest BCUT2D eigenvalue weighted by Gasteiger charge is -2.02. The molecule has 0 fully saturated rings. The van der Waals surface area contributed by atoms with Crippen LogP contribution < -0.4 is 4.74 Å². The van der Waals surface area contributed by atoms with Gasteiger partial charge in [0.1, 0.15) is 5.75 Å². The van der Waals surface area contributed by atoms with E-state index in [-0.39, 0.29) is 0 Å². The van der Waals surface area contributed by atoms with Crippen molar-refractivity contribution in [1.82, 2.24) is 0 Å². The Labute approximate surface area is 94.9 Å². The summed E-state index contributed by atoms with van der Waals surface area (Å²) in [6.45, 7) is 2.41. The highest BCUT2D eigenvalue weighted by Crippen LogP contribution is 2.15. The third kappa shape index (κ3) is 3.56. The van der Waals surface area contributed by atoms with E-state index in [1.807, 2.05) is 25.1 Å². The Balaban J connectivity index is 2.74. The van der Waals surface area contributed by atoms with Crippen LogP contribution >= 0.6 is 0 Å². The number of hydrogen-bond donors (Lipinski definition) is 0. The van der Waals surface area contributed by atoms with Crippen LogP contribution in [0, 0.1) is 18.8 Å². The maximum Gasteiger partial charge on any atom is 0.120 e. The molecule has 0 atom stereocenters. The molecule has 0 aliphatic heterocycles. The van der Waals surface area contributed by atoms with Crippen LogP contribution in [0.1, 0.15) is 17.5 Å². The lowest BCUT2D eigenvalue weighted by Crippen LogP contribution is -1.87. The van der Waals surface area contributed by atoms with Gasteiger partial charge in [0.25, 0.3) is 0 Å². The first-order valence-corrected chi connectivity index (χ1v) is 4.92. The maximum absolute atomic E-state index is 8.09. The number of hydrogen-bond acceptors (Lipinski definition) is 2. The molecule has 16 heavy (non-hydrogen) atoms. The Hall–Kier alpha value is -2.11. The molecule has 4 heteroatoms. The molecule has 82 valence electrons. The number of nitrogens with zero attached hydrogens (tertiary/aromatic N) is 3. The summed E-state index contributed by atoms with van der Waals surface area (Å²) in [5.41, 5.74) is 10.1. The van der Waals surface area contributed by atoms with Gasteiger partial charge in [-0.1, -0.05) is 23.0 Å². The van der Waals surface area contributed by atoms with E-state index in [1.165, 1.54) is 0 Å². The summed E-state index contributed by atoms with van der Waals surface area (Å²) < 4.78 is 5.12. The average molecular weight is 215 g/mol. The van der Waals surface area contributed by atoms with Crippen LogP contribution in [0.25, 0.3) is 10.4 Å². The molecule has 0 bridgehead atoms. The van der Waals surface area contributed by atoms with Gasteiger partial charge >= 0.3 is 0 Å². The van der Waals surface area contributed by atoms with Crippen LogP contribution in [0.5, 0.6) is 5.75 Å². The average Bonchev–Trinajstić information content (AvgIpc) is 2.31. The summed E-state index contributed by atoms with van der Waals surface area (Å²) >= 11 is 0. The zero-order valence-electron chi connectivity index (χ0n) is 9.40. The quantitative estimate of drug-likeness (QED) is 0.251. The number of azide groups is 1. The second kappa shape index (κ2) is 6.39. The van der Waals surface area contributed by atoms with Crippen molar-refractivity contribution < 1.29 is 4.74 Å². The van der Waals surface area contributed by atoms with Gasteiger partial charge < -0.3 is 4.74 Å². The summed E-state index contributed by atoms with van der Waals surface area (Å²) in [4.78, 5) is 2.66. The highest BCUT2D eigenvalue weighted by molar-refractivity contribution is 5.45. The van der Waals surface area contributed by atoms with Crippen LogP contribution in [0.2, 0.25) is 0 Å². The summed E-state index contributed by atoms with van der Waals surface area (Å²) in [6, 6.07) is 5.77. The Kier molecular flexibility index (Phi) is 4.78. The van der Waals surface area contributed by atoms with Crippen molar-refractivity contribution in [3.8, 4) is 17.6 Å². The van der Waals surface area contributed by atoms with E-state index in [0.717, 1.165) is 16.9 Å². The van der Waals surface area contributed by atoms with Crippen molar-refractivity contribution in [2.75, 3.05) is 13.7 Å². The number of aryl methyl sites for hydroxylation is 1. The molecule has 0 saturated carbocycles. The van der Waals surface area contributed by atoms with E-state index in [0.29, 0.717) is 13.0 Å². The van der Waals surface area contributed by atoms with E-state index >= 15 is 0 Å². The van der Waals surface area contributed by atoms with Gasteiger partial charge in [0.2, 0.25) is 0 Å². The van der Waals surface area contributed by atoms with E-state index in [1.54, 1.807) is 7.11 Å². The first kappa shape index (κ1) is 12.0. The summed E-state index contributed by atoms with van der Waals surface area (Å²) in [5, 5.41) is 3.41. The fraction of sp³-hybridized carbons (Fsp3) is 0.333.